The molecular weight excluding hydrogens is 228 g/mol. The maximum atomic E-state index is 11.8. The molecule has 2 heterocycles. The van der Waals surface area contributed by atoms with Crippen molar-refractivity contribution >= 4 is 5.91 Å². The molecule has 0 radical (unpaired) electrons. The van der Waals surface area contributed by atoms with Crippen molar-refractivity contribution < 1.29 is 9.53 Å². The molecule has 2 aliphatic rings. The van der Waals surface area contributed by atoms with Gasteiger partial charge in [0.2, 0.25) is 5.91 Å². The van der Waals surface area contributed by atoms with Crippen LogP contribution in [0.25, 0.3) is 0 Å². The molecule has 1 atom stereocenters. The number of ether oxygens (including phenoxy) is 1. The summed E-state index contributed by atoms with van der Waals surface area (Å²) in [6.07, 6.45) is 4.83. The van der Waals surface area contributed by atoms with Crippen molar-refractivity contribution in [3.05, 3.63) is 41.5 Å². The number of hydrogen-bond acceptors (Lipinski definition) is 3. The summed E-state index contributed by atoms with van der Waals surface area (Å²) in [5, 5.41) is 6.03. The smallest absolute Gasteiger partial charge is 0.241 e. The molecule has 0 fully saturated rings. The Morgan fingerprint density at radius 3 is 3.28 bits per heavy atom. The van der Waals surface area contributed by atoms with E-state index in [0.717, 1.165) is 30.9 Å². The molecular formula is C14H16N2O2. The van der Waals surface area contributed by atoms with E-state index in [1.165, 1.54) is 5.56 Å². The maximum absolute atomic E-state index is 11.8. The molecule has 0 unspecified atom stereocenters. The molecule has 18 heavy (non-hydrogen) atoms. The van der Waals surface area contributed by atoms with E-state index in [9.17, 15) is 4.79 Å². The topological polar surface area (TPSA) is 50.4 Å². The molecule has 4 heteroatoms. The van der Waals surface area contributed by atoms with Crippen molar-refractivity contribution in [1.29, 1.82) is 0 Å². The lowest BCUT2D eigenvalue weighted by Gasteiger charge is -2.10. The van der Waals surface area contributed by atoms with Crippen LogP contribution >= 0.6 is 0 Å². The minimum atomic E-state index is -0.178. The van der Waals surface area contributed by atoms with Crippen molar-refractivity contribution in [3.8, 4) is 5.75 Å². The van der Waals surface area contributed by atoms with Gasteiger partial charge in [-0.15, -0.1) is 0 Å². The molecule has 0 saturated heterocycles. The van der Waals surface area contributed by atoms with Gasteiger partial charge in [-0.25, -0.2) is 0 Å². The summed E-state index contributed by atoms with van der Waals surface area (Å²) in [7, 11) is 0. The summed E-state index contributed by atoms with van der Waals surface area (Å²) in [6.45, 7) is 2.11. The lowest BCUT2D eigenvalue weighted by atomic mass is 10.1. The highest BCUT2D eigenvalue weighted by molar-refractivity contribution is 5.84. The van der Waals surface area contributed by atoms with Gasteiger partial charge < -0.3 is 10.1 Å². The number of benzene rings is 1. The first-order chi connectivity index (χ1) is 8.83. The number of hydrogen-bond donors (Lipinski definition) is 2. The van der Waals surface area contributed by atoms with E-state index >= 15 is 0 Å². The zero-order valence-electron chi connectivity index (χ0n) is 10.1. The van der Waals surface area contributed by atoms with Gasteiger partial charge in [0.15, 0.2) is 0 Å². The van der Waals surface area contributed by atoms with Gasteiger partial charge in [-0.3, -0.25) is 10.1 Å². The zero-order valence-corrected chi connectivity index (χ0v) is 10.1. The first-order valence-corrected chi connectivity index (χ1v) is 6.25. The van der Waals surface area contributed by atoms with E-state index < -0.39 is 0 Å². The van der Waals surface area contributed by atoms with Crippen molar-refractivity contribution in [1.82, 2.24) is 10.6 Å². The molecule has 0 bridgehead atoms. The van der Waals surface area contributed by atoms with Crippen molar-refractivity contribution in [2.75, 3.05) is 13.2 Å². The van der Waals surface area contributed by atoms with Crippen LogP contribution in [0.4, 0.5) is 0 Å². The van der Waals surface area contributed by atoms with Crippen LogP contribution in [0.1, 0.15) is 11.1 Å². The minimum absolute atomic E-state index is 0.0282. The molecule has 2 aliphatic heterocycles. The van der Waals surface area contributed by atoms with Crippen molar-refractivity contribution in [2.45, 2.75) is 19.0 Å². The SMILES string of the molecule is O=C(NCc1ccc2c(c1)CCO2)[C@@H]1C=CCN1. The van der Waals surface area contributed by atoms with Crippen LogP contribution in [0.2, 0.25) is 0 Å². The monoisotopic (exact) mass is 244 g/mol. The third kappa shape index (κ3) is 2.24. The van der Waals surface area contributed by atoms with Crippen LogP contribution in [-0.4, -0.2) is 25.1 Å². The molecule has 0 aromatic heterocycles. The molecule has 94 valence electrons. The van der Waals surface area contributed by atoms with E-state index in [-0.39, 0.29) is 11.9 Å². The highest BCUT2D eigenvalue weighted by Gasteiger charge is 2.17. The molecule has 4 nitrogen and oxygen atoms in total. The van der Waals surface area contributed by atoms with Gasteiger partial charge in [0.25, 0.3) is 0 Å². The predicted octanol–water partition coefficient (Wildman–Crippen LogP) is 0.766. The summed E-state index contributed by atoms with van der Waals surface area (Å²) in [5.74, 6) is 1.01. The highest BCUT2D eigenvalue weighted by atomic mass is 16.5. The predicted molar refractivity (Wildman–Crippen MR) is 68.4 cm³/mol. The molecule has 1 aromatic rings. The second-order valence-corrected chi connectivity index (χ2v) is 4.57. The lowest BCUT2D eigenvalue weighted by molar-refractivity contribution is -0.122. The van der Waals surface area contributed by atoms with E-state index in [2.05, 4.69) is 16.7 Å². The summed E-state index contributed by atoms with van der Waals surface area (Å²) in [6, 6.07) is 5.92. The second-order valence-electron chi connectivity index (χ2n) is 4.57. The summed E-state index contributed by atoms with van der Waals surface area (Å²) < 4.78 is 5.45. The second kappa shape index (κ2) is 4.82. The van der Waals surface area contributed by atoms with Crippen LogP contribution in [0, 0.1) is 0 Å². The number of amides is 1. The van der Waals surface area contributed by atoms with E-state index in [4.69, 9.17) is 4.74 Å². The Kier molecular flexibility index (Phi) is 3.02. The third-order valence-electron chi connectivity index (χ3n) is 3.29. The van der Waals surface area contributed by atoms with Crippen LogP contribution in [-0.2, 0) is 17.8 Å². The quantitative estimate of drug-likeness (QED) is 0.772. The Morgan fingerprint density at radius 2 is 2.44 bits per heavy atom. The fourth-order valence-corrected chi connectivity index (χ4v) is 2.30. The van der Waals surface area contributed by atoms with Gasteiger partial charge in [0.1, 0.15) is 11.8 Å². The molecule has 1 amide bonds. The van der Waals surface area contributed by atoms with Gasteiger partial charge in [-0.05, 0) is 17.2 Å². The standard InChI is InChI=1S/C14H16N2O2/c17-14(12-2-1-6-15-12)16-9-10-3-4-13-11(8-10)5-7-18-13/h1-4,8,12,15H,5-7,9H2,(H,16,17)/t12-/m0/s1. The lowest BCUT2D eigenvalue weighted by Crippen LogP contribution is -2.40. The molecule has 0 aliphatic carbocycles. The molecule has 0 saturated carbocycles. The molecule has 2 N–H and O–H groups in total. The zero-order chi connectivity index (χ0) is 12.4. The highest BCUT2D eigenvalue weighted by Crippen LogP contribution is 2.25. The Morgan fingerprint density at radius 1 is 1.50 bits per heavy atom. The van der Waals surface area contributed by atoms with Gasteiger partial charge >= 0.3 is 0 Å². The molecule has 1 aromatic carbocycles. The summed E-state index contributed by atoms with van der Waals surface area (Å²) in [5.41, 5.74) is 2.36. The fraction of sp³-hybridized carbons (Fsp3) is 0.357. The van der Waals surface area contributed by atoms with Crippen LogP contribution in [0.15, 0.2) is 30.4 Å². The largest absolute Gasteiger partial charge is 0.493 e. The fourth-order valence-electron chi connectivity index (χ4n) is 2.30. The Bertz CT molecular complexity index is 497. The van der Waals surface area contributed by atoms with E-state index in [1.54, 1.807) is 0 Å². The average Bonchev–Trinajstić information content (AvgIpc) is 3.05. The normalized spacial score (nSPS) is 20.6. The third-order valence-corrected chi connectivity index (χ3v) is 3.29. The van der Waals surface area contributed by atoms with Crippen molar-refractivity contribution in [3.63, 3.8) is 0 Å². The molecule has 0 spiro atoms. The minimum Gasteiger partial charge on any atom is -0.493 e. The van der Waals surface area contributed by atoms with E-state index in [1.807, 2.05) is 24.3 Å². The first kappa shape index (κ1) is 11.3. The number of nitrogens with one attached hydrogen (secondary N) is 2. The number of carbonyl (C=O) groups is 1. The van der Waals surface area contributed by atoms with E-state index in [0.29, 0.717) is 6.54 Å². The molecule has 3 rings (SSSR count). The summed E-state index contributed by atoms with van der Waals surface area (Å²) >= 11 is 0. The van der Waals surface area contributed by atoms with Crippen molar-refractivity contribution in [2.24, 2.45) is 0 Å². The number of carbonyl (C=O) groups excluding carboxylic acids is 1. The Labute approximate surface area is 106 Å². The van der Waals surface area contributed by atoms with Gasteiger partial charge in [-0.2, -0.15) is 0 Å². The number of rotatable bonds is 3. The van der Waals surface area contributed by atoms with Gasteiger partial charge in [0.05, 0.1) is 6.61 Å². The van der Waals surface area contributed by atoms with Crippen LogP contribution in [0.5, 0.6) is 5.75 Å². The summed E-state index contributed by atoms with van der Waals surface area (Å²) in [4.78, 5) is 11.8. The number of fused-ring (bicyclic) bond motifs is 1. The maximum Gasteiger partial charge on any atom is 0.241 e. The van der Waals surface area contributed by atoms with Crippen LogP contribution in [0.3, 0.4) is 0 Å². The Balaban J connectivity index is 1.59. The Hall–Kier alpha value is -1.81. The van der Waals surface area contributed by atoms with Gasteiger partial charge in [-0.1, -0.05) is 24.3 Å². The van der Waals surface area contributed by atoms with Crippen LogP contribution < -0.4 is 15.4 Å². The first-order valence-electron chi connectivity index (χ1n) is 6.25. The van der Waals surface area contributed by atoms with Gasteiger partial charge in [0, 0.05) is 19.5 Å². The average molecular weight is 244 g/mol.